The summed E-state index contributed by atoms with van der Waals surface area (Å²) in [5.74, 6) is -1.05. The lowest BCUT2D eigenvalue weighted by molar-refractivity contribution is 0.271. The summed E-state index contributed by atoms with van der Waals surface area (Å²) in [6, 6.07) is 7.81. The van der Waals surface area contributed by atoms with Crippen LogP contribution in [0.2, 0.25) is 5.02 Å². The average Bonchev–Trinajstić information content (AvgIpc) is 3.75. The Morgan fingerprint density at radius 2 is 1.65 bits per heavy atom. The number of nitrogens with zero attached hydrogens (tertiary/aromatic N) is 6. The van der Waals surface area contributed by atoms with E-state index in [0.717, 1.165) is 63.3 Å². The molecule has 0 radical (unpaired) electrons. The Balaban J connectivity index is 0.000000251. The first kappa shape index (κ1) is 38.5. The lowest BCUT2D eigenvalue weighted by Crippen LogP contribution is -2.46. The van der Waals surface area contributed by atoms with Crippen LogP contribution in [0, 0.1) is 25.5 Å². The highest BCUT2D eigenvalue weighted by molar-refractivity contribution is 6.34. The molecule has 2 aliphatic rings. The van der Waals surface area contributed by atoms with E-state index in [1.807, 2.05) is 12.1 Å². The third kappa shape index (κ3) is 9.79. The fraction of sp³-hybridized carbons (Fsp3) is 0.361. The molecule has 0 amide bonds. The molecule has 11 nitrogen and oxygen atoms in total. The van der Waals surface area contributed by atoms with Gasteiger partial charge in [-0.25, -0.2) is 27.5 Å². The van der Waals surface area contributed by atoms with E-state index in [1.54, 1.807) is 20.0 Å². The smallest absolute Gasteiger partial charge is 0.243 e. The minimum atomic E-state index is -0.716. The Labute approximate surface area is 304 Å². The van der Waals surface area contributed by atoms with Crippen molar-refractivity contribution < 1.29 is 22.3 Å². The molecule has 0 aliphatic carbocycles. The van der Waals surface area contributed by atoms with E-state index >= 15 is 0 Å². The normalized spacial score (nSPS) is 16.0. The third-order valence-electron chi connectivity index (χ3n) is 8.63. The first-order chi connectivity index (χ1) is 25.1. The van der Waals surface area contributed by atoms with Gasteiger partial charge in [-0.2, -0.15) is 4.98 Å². The van der Waals surface area contributed by atoms with Gasteiger partial charge in [0.15, 0.2) is 23.2 Å². The maximum absolute atomic E-state index is 14.9. The van der Waals surface area contributed by atoms with Gasteiger partial charge < -0.3 is 40.0 Å². The lowest BCUT2D eigenvalue weighted by atomic mass is 10.2. The zero-order valence-corrected chi connectivity index (χ0v) is 30.3. The lowest BCUT2D eigenvalue weighted by Gasteiger charge is -2.35. The molecule has 5 aromatic rings. The molecule has 0 bridgehead atoms. The van der Waals surface area contributed by atoms with Gasteiger partial charge in [-0.15, -0.1) is 0 Å². The summed E-state index contributed by atoms with van der Waals surface area (Å²) in [5.41, 5.74) is 2.48. The van der Waals surface area contributed by atoms with Crippen molar-refractivity contribution in [2.75, 3.05) is 76.2 Å². The number of hydrogen-bond acceptors (Lipinski definition) is 9. The van der Waals surface area contributed by atoms with Gasteiger partial charge in [0.1, 0.15) is 23.5 Å². The van der Waals surface area contributed by atoms with E-state index in [-0.39, 0.29) is 43.9 Å². The summed E-state index contributed by atoms with van der Waals surface area (Å²) >= 11 is 6.43. The number of H-pyrrole nitrogens is 2. The molecule has 7 rings (SSSR count). The van der Waals surface area contributed by atoms with Gasteiger partial charge in [0.05, 0.1) is 29.1 Å². The maximum Gasteiger partial charge on any atom is 0.243 e. The SMILES string of the molecule is CCN1CCN(c2ccc(Nc3ncnc(Oc4cc(F)c5[nH]c(C)cc5c4F)c3Cl)nc2)CC1.CN1CCNCC1.Cc1cc(=C\F)/c(=C/F)[nH]1. The van der Waals surface area contributed by atoms with E-state index in [0.29, 0.717) is 24.2 Å². The van der Waals surface area contributed by atoms with E-state index in [2.05, 4.69) is 64.2 Å². The van der Waals surface area contributed by atoms with Crippen LogP contribution in [0.1, 0.15) is 18.3 Å². The number of pyridine rings is 1. The standard InChI is InChI=1S/C24H24ClF2N7O.C7H7F2N.C5H12N2/c1-3-33-6-8-34(9-7-33)15-4-5-19(28-12-15)32-23-20(25)24(30-13-29-23)35-18-11-17(26)22-16(21(18)27)10-14(2)31-22;1-5-2-6(3-8)7(4-9)10-5;1-7-4-2-6-3-5-7/h4-5,10-13,31H,3,6-9H2,1-2H3,(H,28,29,30,32);2-4,10H,1H3;6H,2-5H2,1H3/b;6-3+,7-4-;. The van der Waals surface area contributed by atoms with Crippen LogP contribution in [0.25, 0.3) is 23.6 Å². The average molecular weight is 743 g/mol. The number of aromatic nitrogens is 5. The number of halogens is 5. The van der Waals surface area contributed by atoms with Crippen LogP contribution in [0.15, 0.2) is 42.9 Å². The number of likely N-dealkylation sites (N-methyl/N-ethyl adjacent to an activating group) is 2. The van der Waals surface area contributed by atoms with E-state index in [1.165, 1.54) is 31.5 Å². The van der Waals surface area contributed by atoms with Crippen molar-refractivity contribution in [2.24, 2.45) is 0 Å². The van der Waals surface area contributed by atoms with Crippen LogP contribution in [0.3, 0.4) is 0 Å². The zero-order valence-electron chi connectivity index (χ0n) is 29.5. The number of aromatic amines is 2. The molecule has 0 saturated carbocycles. The number of fused-ring (bicyclic) bond motifs is 1. The minimum Gasteiger partial charge on any atom is -0.434 e. The first-order valence-electron chi connectivity index (χ1n) is 16.9. The zero-order chi connectivity index (χ0) is 37.2. The van der Waals surface area contributed by atoms with Gasteiger partial charge in [0.25, 0.3) is 0 Å². The molecule has 6 heterocycles. The predicted molar refractivity (Wildman–Crippen MR) is 198 cm³/mol. The number of benzene rings is 1. The van der Waals surface area contributed by atoms with Crippen molar-refractivity contribution in [1.29, 1.82) is 0 Å². The number of hydrogen-bond donors (Lipinski definition) is 4. The number of ether oxygens (including phenoxy) is 1. The predicted octanol–water partition coefficient (Wildman–Crippen LogP) is 5.53. The van der Waals surface area contributed by atoms with Crippen molar-refractivity contribution in [1.82, 2.24) is 40.0 Å². The molecule has 16 heteroatoms. The molecule has 0 unspecified atom stereocenters. The Morgan fingerprint density at radius 3 is 2.25 bits per heavy atom. The summed E-state index contributed by atoms with van der Waals surface area (Å²) in [4.78, 5) is 25.1. The summed E-state index contributed by atoms with van der Waals surface area (Å²) in [6.07, 6.45) is 3.73. The molecule has 1 aromatic carbocycles. The highest BCUT2D eigenvalue weighted by Crippen LogP contribution is 2.36. The number of anilines is 3. The molecule has 278 valence electrons. The van der Waals surface area contributed by atoms with Gasteiger partial charge in [-0.1, -0.05) is 18.5 Å². The second-order valence-electron chi connectivity index (χ2n) is 12.4. The van der Waals surface area contributed by atoms with Gasteiger partial charge in [-0.3, -0.25) is 0 Å². The topological polar surface area (TPSA) is 113 Å². The summed E-state index contributed by atoms with van der Waals surface area (Å²) in [7, 11) is 2.15. The van der Waals surface area contributed by atoms with Gasteiger partial charge >= 0.3 is 0 Å². The minimum absolute atomic E-state index is 0.0132. The summed E-state index contributed by atoms with van der Waals surface area (Å²) < 4.78 is 58.6. The van der Waals surface area contributed by atoms with Crippen molar-refractivity contribution >= 4 is 52.5 Å². The Morgan fingerprint density at radius 1 is 0.923 bits per heavy atom. The van der Waals surface area contributed by atoms with Crippen LogP contribution < -0.4 is 30.8 Å². The Kier molecular flexibility index (Phi) is 13.5. The number of rotatable bonds is 6. The third-order valence-corrected chi connectivity index (χ3v) is 8.97. The molecule has 0 atom stereocenters. The monoisotopic (exact) mass is 742 g/mol. The molecule has 4 aromatic heterocycles. The fourth-order valence-corrected chi connectivity index (χ4v) is 5.89. The van der Waals surface area contributed by atoms with E-state index in [4.69, 9.17) is 16.3 Å². The molecular weight excluding hydrogens is 700 g/mol. The Hall–Kier alpha value is -4.70. The molecule has 52 heavy (non-hydrogen) atoms. The van der Waals surface area contributed by atoms with Crippen molar-refractivity contribution in [2.45, 2.75) is 20.8 Å². The number of nitrogens with one attached hydrogen (secondary N) is 4. The first-order valence-corrected chi connectivity index (χ1v) is 17.3. The van der Waals surface area contributed by atoms with Crippen molar-refractivity contribution in [3.63, 3.8) is 0 Å². The highest BCUT2D eigenvalue weighted by Gasteiger charge is 2.20. The second-order valence-corrected chi connectivity index (χ2v) is 12.8. The van der Waals surface area contributed by atoms with Gasteiger partial charge in [-0.05, 0) is 51.7 Å². The molecule has 4 N–H and O–H groups in total. The highest BCUT2D eigenvalue weighted by atomic mass is 35.5. The van der Waals surface area contributed by atoms with Crippen LogP contribution >= 0.6 is 11.6 Å². The van der Waals surface area contributed by atoms with Crippen LogP contribution in [-0.4, -0.2) is 101 Å². The van der Waals surface area contributed by atoms with Crippen LogP contribution in [-0.2, 0) is 0 Å². The van der Waals surface area contributed by atoms with Crippen LogP contribution in [0.4, 0.5) is 34.9 Å². The van der Waals surface area contributed by atoms with E-state index in [9.17, 15) is 17.6 Å². The molecule has 2 aliphatic heterocycles. The number of piperazine rings is 2. The van der Waals surface area contributed by atoms with Crippen molar-refractivity contribution in [3.05, 3.63) is 81.5 Å². The van der Waals surface area contributed by atoms with E-state index < -0.39 is 11.6 Å². The fourth-order valence-electron chi connectivity index (χ4n) is 5.70. The number of aryl methyl sites for hydroxylation is 2. The maximum atomic E-state index is 14.9. The van der Waals surface area contributed by atoms with Gasteiger partial charge in [0, 0.05) is 80.4 Å². The molecular formula is C36H43ClF4N10O. The Bertz CT molecular complexity index is 2010. The quantitative estimate of drug-likeness (QED) is 0.167. The van der Waals surface area contributed by atoms with Crippen molar-refractivity contribution in [3.8, 4) is 11.6 Å². The summed E-state index contributed by atoms with van der Waals surface area (Å²) in [5, 5.41) is 6.83. The second kappa shape index (κ2) is 18.2. The summed E-state index contributed by atoms with van der Waals surface area (Å²) in [6.45, 7) is 15.4. The molecule has 2 saturated heterocycles. The molecule has 0 spiro atoms. The van der Waals surface area contributed by atoms with Gasteiger partial charge in [0.2, 0.25) is 5.88 Å². The largest absolute Gasteiger partial charge is 0.434 e. The molecule has 2 fully saturated rings. The van der Waals surface area contributed by atoms with Crippen LogP contribution in [0.5, 0.6) is 11.6 Å².